The number of ether oxygens (including phenoxy) is 1. The van der Waals surface area contributed by atoms with Crippen molar-refractivity contribution in [1.29, 1.82) is 0 Å². The summed E-state index contributed by atoms with van der Waals surface area (Å²) in [7, 11) is 1.41. The second kappa shape index (κ2) is 9.25. The van der Waals surface area contributed by atoms with Gasteiger partial charge in [-0.05, 0) is 42.5 Å². The Bertz CT molecular complexity index is 855. The van der Waals surface area contributed by atoms with Crippen molar-refractivity contribution in [2.24, 2.45) is 0 Å². The molecule has 0 saturated heterocycles. The Morgan fingerprint density at radius 2 is 1.74 bits per heavy atom. The van der Waals surface area contributed by atoms with Crippen LogP contribution in [-0.4, -0.2) is 48.0 Å². The number of nitrogens with zero attached hydrogens (tertiary/aromatic N) is 1. The van der Waals surface area contributed by atoms with E-state index in [0.29, 0.717) is 15.7 Å². The summed E-state index contributed by atoms with van der Waals surface area (Å²) in [5.74, 6) is -1.70. The Balaban J connectivity index is 1.82. The number of esters is 1. The van der Waals surface area contributed by atoms with E-state index >= 15 is 0 Å². The van der Waals surface area contributed by atoms with Crippen LogP contribution in [0.5, 0.6) is 5.75 Å². The van der Waals surface area contributed by atoms with Gasteiger partial charge in [0.15, 0.2) is 6.61 Å². The van der Waals surface area contributed by atoms with E-state index in [1.54, 1.807) is 6.07 Å². The lowest BCUT2D eigenvalue weighted by molar-refractivity contribution is -0.136. The van der Waals surface area contributed by atoms with Gasteiger partial charge in [0.1, 0.15) is 5.75 Å². The summed E-state index contributed by atoms with van der Waals surface area (Å²) < 4.78 is 4.90. The number of nitrogens with one attached hydrogen (secondary N) is 1. The van der Waals surface area contributed by atoms with Crippen LogP contribution in [0, 0.1) is 0 Å². The van der Waals surface area contributed by atoms with Gasteiger partial charge in [0.05, 0.1) is 22.2 Å². The molecule has 0 unspecified atom stereocenters. The fraction of sp³-hybridized carbons (Fsp3) is 0.167. The summed E-state index contributed by atoms with van der Waals surface area (Å²) in [5, 5.41) is 12.4. The quantitative estimate of drug-likeness (QED) is 0.713. The number of hydrogen-bond donors (Lipinski definition) is 2. The molecule has 0 atom stereocenters. The number of rotatable bonds is 6. The molecule has 0 aliphatic carbocycles. The van der Waals surface area contributed by atoms with E-state index in [0.717, 1.165) is 4.90 Å². The molecule has 2 amide bonds. The molecular weight excluding hydrogens is 395 g/mol. The SMILES string of the molecule is CN(CC(=O)Nc1ccc(Cl)c(Cl)c1)C(=O)COC(=O)c1ccc(O)cc1. The van der Waals surface area contributed by atoms with Crippen molar-refractivity contribution in [3.8, 4) is 5.75 Å². The number of aromatic hydroxyl groups is 1. The number of carbonyl (C=O) groups is 3. The molecule has 27 heavy (non-hydrogen) atoms. The number of benzene rings is 2. The number of anilines is 1. The molecule has 0 aliphatic rings. The Labute approximate surface area is 165 Å². The lowest BCUT2D eigenvalue weighted by Crippen LogP contribution is -2.37. The maximum absolute atomic E-state index is 12.0. The number of phenols is 1. The fourth-order valence-electron chi connectivity index (χ4n) is 2.00. The minimum Gasteiger partial charge on any atom is -0.508 e. The van der Waals surface area contributed by atoms with Gasteiger partial charge in [0.2, 0.25) is 5.91 Å². The largest absolute Gasteiger partial charge is 0.508 e. The Kier molecular flexibility index (Phi) is 7.04. The monoisotopic (exact) mass is 410 g/mol. The van der Waals surface area contributed by atoms with Gasteiger partial charge >= 0.3 is 5.97 Å². The second-order valence-corrected chi connectivity index (χ2v) is 6.36. The van der Waals surface area contributed by atoms with Gasteiger partial charge in [-0.1, -0.05) is 23.2 Å². The minimum absolute atomic E-state index is 0.00958. The molecule has 9 heteroatoms. The molecule has 0 heterocycles. The summed E-state index contributed by atoms with van der Waals surface area (Å²) in [6.07, 6.45) is 0. The van der Waals surface area contributed by atoms with Crippen LogP contribution < -0.4 is 5.32 Å². The zero-order chi connectivity index (χ0) is 20.0. The summed E-state index contributed by atoms with van der Waals surface area (Å²) >= 11 is 11.7. The lowest BCUT2D eigenvalue weighted by Gasteiger charge is -2.17. The first-order valence-electron chi connectivity index (χ1n) is 7.71. The van der Waals surface area contributed by atoms with Gasteiger partial charge in [-0.25, -0.2) is 4.79 Å². The normalized spacial score (nSPS) is 10.2. The molecule has 2 aromatic rings. The van der Waals surface area contributed by atoms with E-state index in [1.165, 1.54) is 43.4 Å². The van der Waals surface area contributed by atoms with E-state index < -0.39 is 24.4 Å². The molecule has 0 fully saturated rings. The van der Waals surface area contributed by atoms with Crippen LogP contribution in [0.3, 0.4) is 0 Å². The molecule has 0 saturated carbocycles. The highest BCUT2D eigenvalue weighted by molar-refractivity contribution is 6.42. The van der Waals surface area contributed by atoms with E-state index in [4.69, 9.17) is 27.9 Å². The van der Waals surface area contributed by atoms with Crippen LogP contribution in [0.25, 0.3) is 0 Å². The van der Waals surface area contributed by atoms with Crippen molar-refractivity contribution in [3.63, 3.8) is 0 Å². The number of amides is 2. The summed E-state index contributed by atoms with van der Waals surface area (Å²) in [5.41, 5.74) is 0.634. The third-order valence-corrected chi connectivity index (χ3v) is 4.18. The topological polar surface area (TPSA) is 95.9 Å². The van der Waals surface area contributed by atoms with Crippen molar-refractivity contribution in [2.75, 3.05) is 25.5 Å². The first-order valence-corrected chi connectivity index (χ1v) is 8.47. The van der Waals surface area contributed by atoms with Crippen LogP contribution in [-0.2, 0) is 14.3 Å². The third-order valence-electron chi connectivity index (χ3n) is 3.44. The number of phenolic OH excluding ortho intramolecular Hbond substituents is 1. The van der Waals surface area contributed by atoms with Crippen molar-refractivity contribution >= 4 is 46.7 Å². The molecule has 2 aromatic carbocycles. The molecule has 0 aromatic heterocycles. The second-order valence-electron chi connectivity index (χ2n) is 5.55. The minimum atomic E-state index is -0.711. The number of carbonyl (C=O) groups excluding carboxylic acids is 3. The van der Waals surface area contributed by atoms with Gasteiger partial charge in [0, 0.05) is 12.7 Å². The summed E-state index contributed by atoms with van der Waals surface area (Å²) in [4.78, 5) is 37.0. The Morgan fingerprint density at radius 3 is 2.37 bits per heavy atom. The number of hydrogen-bond acceptors (Lipinski definition) is 5. The third kappa shape index (κ3) is 6.16. The standard InChI is InChI=1S/C18H16Cl2N2O5/c1-22(9-16(24)21-12-4-7-14(19)15(20)8-12)17(25)10-27-18(26)11-2-5-13(23)6-3-11/h2-8,23H,9-10H2,1H3,(H,21,24). The van der Waals surface area contributed by atoms with E-state index in [1.807, 2.05) is 0 Å². The van der Waals surface area contributed by atoms with E-state index in [-0.39, 0.29) is 17.9 Å². The van der Waals surface area contributed by atoms with E-state index in [9.17, 15) is 19.5 Å². The zero-order valence-electron chi connectivity index (χ0n) is 14.2. The highest BCUT2D eigenvalue weighted by atomic mass is 35.5. The van der Waals surface area contributed by atoms with E-state index in [2.05, 4.69) is 5.32 Å². The lowest BCUT2D eigenvalue weighted by atomic mass is 10.2. The predicted molar refractivity (Wildman–Crippen MR) is 101 cm³/mol. The number of likely N-dealkylation sites (N-methyl/N-ethyl adjacent to an activating group) is 1. The Hall–Kier alpha value is -2.77. The van der Waals surface area contributed by atoms with Crippen LogP contribution in [0.1, 0.15) is 10.4 Å². The summed E-state index contributed by atoms with van der Waals surface area (Å²) in [6, 6.07) is 10.0. The van der Waals surface area contributed by atoms with Gasteiger partial charge in [0.25, 0.3) is 5.91 Å². The maximum atomic E-state index is 12.0. The van der Waals surface area contributed by atoms with Crippen molar-refractivity contribution < 1.29 is 24.2 Å². The molecule has 0 bridgehead atoms. The summed E-state index contributed by atoms with van der Waals surface area (Å²) in [6.45, 7) is -0.758. The first kappa shape index (κ1) is 20.5. The average Bonchev–Trinajstić information content (AvgIpc) is 2.63. The molecule has 2 N–H and O–H groups in total. The average molecular weight is 411 g/mol. The molecule has 7 nitrogen and oxygen atoms in total. The molecular formula is C18H16Cl2N2O5. The van der Waals surface area contributed by atoms with Crippen LogP contribution in [0.4, 0.5) is 5.69 Å². The highest BCUT2D eigenvalue weighted by Gasteiger charge is 2.16. The van der Waals surface area contributed by atoms with Crippen LogP contribution in [0.2, 0.25) is 10.0 Å². The molecule has 0 radical (unpaired) electrons. The van der Waals surface area contributed by atoms with Gasteiger partial charge in [-0.15, -0.1) is 0 Å². The van der Waals surface area contributed by atoms with Crippen molar-refractivity contribution in [3.05, 3.63) is 58.1 Å². The molecule has 142 valence electrons. The Morgan fingerprint density at radius 1 is 1.07 bits per heavy atom. The molecule has 0 spiro atoms. The van der Waals surface area contributed by atoms with Gasteiger partial charge < -0.3 is 20.1 Å². The highest BCUT2D eigenvalue weighted by Crippen LogP contribution is 2.24. The maximum Gasteiger partial charge on any atom is 0.338 e. The van der Waals surface area contributed by atoms with Gasteiger partial charge in [-0.3, -0.25) is 9.59 Å². The fourth-order valence-corrected chi connectivity index (χ4v) is 2.29. The number of halogens is 2. The predicted octanol–water partition coefficient (Wildman–Crippen LogP) is 2.95. The van der Waals surface area contributed by atoms with Crippen LogP contribution >= 0.6 is 23.2 Å². The zero-order valence-corrected chi connectivity index (χ0v) is 15.8. The van der Waals surface area contributed by atoms with Gasteiger partial charge in [-0.2, -0.15) is 0 Å². The molecule has 2 rings (SSSR count). The molecule has 0 aliphatic heterocycles. The van der Waals surface area contributed by atoms with Crippen molar-refractivity contribution in [2.45, 2.75) is 0 Å². The van der Waals surface area contributed by atoms with Crippen molar-refractivity contribution in [1.82, 2.24) is 4.90 Å². The first-order chi connectivity index (χ1) is 12.8. The van der Waals surface area contributed by atoms with Crippen LogP contribution in [0.15, 0.2) is 42.5 Å². The smallest absolute Gasteiger partial charge is 0.338 e.